The highest BCUT2D eigenvalue weighted by Crippen LogP contribution is 2.35. The molecule has 0 aliphatic carbocycles. The third-order valence-electron chi connectivity index (χ3n) is 5.36. The number of para-hydroxylation sites is 1. The second-order valence-electron chi connectivity index (χ2n) is 7.32. The Kier molecular flexibility index (Phi) is 6.85. The predicted molar refractivity (Wildman–Crippen MR) is 132 cm³/mol. The van der Waals surface area contributed by atoms with Crippen LogP contribution in [-0.2, 0) is 9.53 Å². The summed E-state index contributed by atoms with van der Waals surface area (Å²) in [5.74, 6) is 0.0952. The van der Waals surface area contributed by atoms with Crippen LogP contribution in [0.15, 0.2) is 74.5 Å². The highest BCUT2D eigenvalue weighted by atomic mass is 32.2. The average molecular weight is 481 g/mol. The molecule has 1 atom stereocenters. The van der Waals surface area contributed by atoms with Crippen molar-refractivity contribution in [1.29, 1.82) is 0 Å². The Bertz CT molecular complexity index is 1400. The van der Waals surface area contributed by atoms with E-state index in [9.17, 15) is 9.59 Å². The molecule has 0 bridgehead atoms. The minimum atomic E-state index is -0.697. The molecule has 1 aromatic heterocycles. The fraction of sp³-hybridized carbons (Fsp3) is 0.240. The lowest BCUT2D eigenvalue weighted by Crippen LogP contribution is -2.40. The lowest BCUT2D eigenvalue weighted by atomic mass is 9.95. The van der Waals surface area contributed by atoms with Gasteiger partial charge in [0, 0.05) is 10.5 Å². The van der Waals surface area contributed by atoms with Gasteiger partial charge in [0.05, 0.1) is 29.5 Å². The summed E-state index contributed by atoms with van der Waals surface area (Å²) in [6.45, 7) is 3.75. The zero-order valence-corrected chi connectivity index (χ0v) is 20.5. The molecule has 0 unspecified atom stereocenters. The molecule has 1 aliphatic heterocycles. The van der Waals surface area contributed by atoms with Gasteiger partial charge in [-0.2, -0.15) is 0 Å². The van der Waals surface area contributed by atoms with Crippen molar-refractivity contribution in [2.75, 3.05) is 20.0 Å². The Morgan fingerprint density at radius 2 is 1.94 bits per heavy atom. The van der Waals surface area contributed by atoms with Crippen LogP contribution in [0.5, 0.6) is 5.75 Å². The van der Waals surface area contributed by atoms with Gasteiger partial charge in [0.2, 0.25) is 0 Å². The fourth-order valence-corrected chi connectivity index (χ4v) is 5.28. The maximum absolute atomic E-state index is 13.6. The summed E-state index contributed by atoms with van der Waals surface area (Å²) in [5, 5.41) is 0. The van der Waals surface area contributed by atoms with E-state index >= 15 is 0 Å². The second kappa shape index (κ2) is 9.80. The van der Waals surface area contributed by atoms with Crippen LogP contribution in [0.4, 0.5) is 0 Å². The molecule has 8 heteroatoms. The first-order valence-corrected chi connectivity index (χ1v) is 12.5. The fourth-order valence-electron chi connectivity index (χ4n) is 3.83. The van der Waals surface area contributed by atoms with E-state index in [0.717, 1.165) is 10.5 Å². The van der Waals surface area contributed by atoms with Gasteiger partial charge in [-0.3, -0.25) is 9.36 Å². The van der Waals surface area contributed by atoms with Gasteiger partial charge in [-0.1, -0.05) is 41.7 Å². The molecule has 0 spiro atoms. The predicted octanol–water partition coefficient (Wildman–Crippen LogP) is 3.53. The topological polar surface area (TPSA) is 69.9 Å². The van der Waals surface area contributed by atoms with E-state index in [0.29, 0.717) is 31.9 Å². The van der Waals surface area contributed by atoms with Crippen LogP contribution in [0.1, 0.15) is 31.0 Å². The first kappa shape index (κ1) is 23.1. The van der Waals surface area contributed by atoms with E-state index in [1.54, 1.807) is 37.3 Å². The maximum atomic E-state index is 13.6. The highest BCUT2D eigenvalue weighted by molar-refractivity contribution is 7.98. The van der Waals surface area contributed by atoms with Crippen molar-refractivity contribution < 1.29 is 14.3 Å². The second-order valence-corrected chi connectivity index (χ2v) is 9.21. The molecule has 0 saturated heterocycles. The normalized spacial score (nSPS) is 15.8. The molecule has 4 rings (SSSR count). The lowest BCUT2D eigenvalue weighted by molar-refractivity contribution is -0.139. The number of esters is 1. The summed E-state index contributed by atoms with van der Waals surface area (Å²) in [5.41, 5.74) is 2.28. The van der Waals surface area contributed by atoms with Gasteiger partial charge in [-0.05, 0) is 49.9 Å². The van der Waals surface area contributed by atoms with Crippen LogP contribution >= 0.6 is 23.1 Å². The molecule has 2 aromatic carbocycles. The van der Waals surface area contributed by atoms with Crippen LogP contribution in [-0.4, -0.2) is 30.5 Å². The summed E-state index contributed by atoms with van der Waals surface area (Å²) in [4.78, 5) is 32.9. The molecular formula is C25H24N2O4S2. The summed E-state index contributed by atoms with van der Waals surface area (Å²) >= 11 is 2.97. The Hall–Kier alpha value is -3.10. The number of carbonyl (C=O) groups is 1. The van der Waals surface area contributed by atoms with Gasteiger partial charge in [0.15, 0.2) is 4.80 Å². The summed E-state index contributed by atoms with van der Waals surface area (Å²) < 4.78 is 13.0. The summed E-state index contributed by atoms with van der Waals surface area (Å²) in [7, 11) is 1.57. The molecular weight excluding hydrogens is 456 g/mol. The van der Waals surface area contributed by atoms with E-state index in [1.807, 2.05) is 60.9 Å². The van der Waals surface area contributed by atoms with Gasteiger partial charge in [-0.25, -0.2) is 9.79 Å². The molecule has 0 fully saturated rings. The molecule has 3 aromatic rings. The highest BCUT2D eigenvalue weighted by Gasteiger charge is 2.34. The van der Waals surface area contributed by atoms with E-state index < -0.39 is 12.0 Å². The van der Waals surface area contributed by atoms with Crippen molar-refractivity contribution in [3.05, 3.63) is 90.6 Å². The van der Waals surface area contributed by atoms with E-state index in [-0.39, 0.29) is 12.2 Å². The minimum absolute atomic E-state index is 0.210. The third kappa shape index (κ3) is 4.41. The third-order valence-corrected chi connectivity index (χ3v) is 7.09. The number of thioether (sulfide) groups is 1. The number of hydrogen-bond donors (Lipinski definition) is 0. The molecule has 0 saturated carbocycles. The number of ether oxygens (including phenoxy) is 2. The van der Waals surface area contributed by atoms with Gasteiger partial charge >= 0.3 is 5.97 Å². The van der Waals surface area contributed by atoms with E-state index in [4.69, 9.17) is 9.47 Å². The van der Waals surface area contributed by atoms with Crippen LogP contribution in [0, 0.1) is 0 Å². The van der Waals surface area contributed by atoms with Crippen LogP contribution in [0.25, 0.3) is 6.08 Å². The number of aromatic nitrogens is 1. The zero-order chi connectivity index (χ0) is 23.5. The van der Waals surface area contributed by atoms with Crippen molar-refractivity contribution in [3.63, 3.8) is 0 Å². The van der Waals surface area contributed by atoms with Gasteiger partial charge < -0.3 is 9.47 Å². The summed E-state index contributed by atoms with van der Waals surface area (Å²) in [6, 6.07) is 14.7. The van der Waals surface area contributed by atoms with Gasteiger partial charge in [0.1, 0.15) is 11.8 Å². The van der Waals surface area contributed by atoms with Gasteiger partial charge in [0.25, 0.3) is 5.56 Å². The molecule has 0 radical (unpaired) electrons. The Balaban J connectivity index is 1.95. The van der Waals surface area contributed by atoms with Crippen LogP contribution < -0.4 is 19.6 Å². The average Bonchev–Trinajstić information content (AvgIpc) is 3.13. The molecule has 2 heterocycles. The smallest absolute Gasteiger partial charge is 0.338 e. The van der Waals surface area contributed by atoms with E-state index in [1.165, 1.54) is 11.3 Å². The number of nitrogens with zero attached hydrogens (tertiary/aromatic N) is 2. The Morgan fingerprint density at radius 3 is 2.61 bits per heavy atom. The number of rotatable bonds is 6. The molecule has 170 valence electrons. The Morgan fingerprint density at radius 1 is 1.21 bits per heavy atom. The number of allylic oxidation sites excluding steroid dienone is 1. The van der Waals surface area contributed by atoms with Gasteiger partial charge in [-0.15, -0.1) is 11.8 Å². The first-order valence-electron chi connectivity index (χ1n) is 10.4. The van der Waals surface area contributed by atoms with Crippen LogP contribution in [0.3, 0.4) is 0 Å². The Labute approximate surface area is 199 Å². The molecule has 0 amide bonds. The van der Waals surface area contributed by atoms with Crippen molar-refractivity contribution in [1.82, 2.24) is 4.57 Å². The molecule has 0 N–H and O–H groups in total. The first-order chi connectivity index (χ1) is 16.0. The number of methoxy groups -OCH3 is 1. The van der Waals surface area contributed by atoms with Crippen molar-refractivity contribution >= 4 is 35.1 Å². The number of thiazole rings is 1. The molecule has 6 nitrogen and oxygen atoms in total. The molecule has 33 heavy (non-hydrogen) atoms. The largest absolute Gasteiger partial charge is 0.496 e. The molecule has 1 aliphatic rings. The van der Waals surface area contributed by atoms with Crippen molar-refractivity contribution in [2.24, 2.45) is 4.99 Å². The number of carbonyl (C=O) groups excluding carboxylic acids is 1. The summed E-state index contributed by atoms with van der Waals surface area (Å²) in [6.07, 6.45) is 3.88. The van der Waals surface area contributed by atoms with E-state index in [2.05, 4.69) is 4.99 Å². The van der Waals surface area contributed by atoms with Crippen molar-refractivity contribution in [2.45, 2.75) is 24.8 Å². The lowest BCUT2D eigenvalue weighted by Gasteiger charge is -2.25. The SMILES string of the molecule is CCOC(=O)C1=C(C)N=c2s/c(=C\c3ccc(SC)cc3)c(=O)n2[C@@H]1c1ccccc1OC. The monoisotopic (exact) mass is 480 g/mol. The number of hydrogen-bond acceptors (Lipinski definition) is 7. The quantitative estimate of drug-likeness (QED) is 0.399. The standard InChI is InChI=1S/C25H24N2O4S2/c1-5-31-24(29)21-15(2)26-25-27(22(21)18-8-6-7-9-19(18)30-3)23(28)20(33-25)14-16-10-12-17(32-4)13-11-16/h6-14,22H,5H2,1-4H3/b20-14-/t22-/m1/s1. The number of benzene rings is 2. The maximum Gasteiger partial charge on any atom is 0.338 e. The number of fused-ring (bicyclic) bond motifs is 1. The van der Waals surface area contributed by atoms with Crippen molar-refractivity contribution in [3.8, 4) is 5.75 Å². The minimum Gasteiger partial charge on any atom is -0.496 e. The zero-order valence-electron chi connectivity index (χ0n) is 18.8. The van der Waals surface area contributed by atoms with Crippen LogP contribution in [0.2, 0.25) is 0 Å².